The van der Waals surface area contributed by atoms with E-state index >= 15 is 0 Å². The zero-order valence-electron chi connectivity index (χ0n) is 16.5. The van der Waals surface area contributed by atoms with E-state index in [1.807, 2.05) is 71.3 Å². The fourth-order valence-electron chi connectivity index (χ4n) is 3.44. The standard InChI is InChI=1S/C23H28N2O3/c1-19-9-5-6-12-21(19)23(27)25-15-8-14-24(16-17-25)22(26)13-7-18-28-20-10-3-2-4-11-20/h2-6,9-12H,7-8,13-18H2,1H3. The molecule has 5 heteroatoms. The molecule has 0 saturated carbocycles. The second-order valence-corrected chi connectivity index (χ2v) is 7.11. The van der Waals surface area contributed by atoms with Crippen LogP contribution in [0.2, 0.25) is 0 Å². The molecule has 0 radical (unpaired) electrons. The maximum Gasteiger partial charge on any atom is 0.254 e. The molecule has 0 aromatic heterocycles. The first kappa shape index (κ1) is 19.9. The average Bonchev–Trinajstić information content (AvgIpc) is 2.98. The maximum atomic E-state index is 12.8. The van der Waals surface area contributed by atoms with Crippen molar-refractivity contribution in [3.8, 4) is 5.75 Å². The summed E-state index contributed by atoms with van der Waals surface area (Å²) in [6.45, 7) is 5.05. The van der Waals surface area contributed by atoms with E-state index in [2.05, 4.69) is 0 Å². The number of ether oxygens (including phenoxy) is 1. The highest BCUT2D eigenvalue weighted by atomic mass is 16.5. The van der Waals surface area contributed by atoms with E-state index in [4.69, 9.17) is 4.74 Å². The summed E-state index contributed by atoms with van der Waals surface area (Å²) < 4.78 is 5.65. The molecule has 0 unspecified atom stereocenters. The Bertz CT molecular complexity index is 791. The van der Waals surface area contributed by atoms with Crippen LogP contribution in [-0.2, 0) is 4.79 Å². The van der Waals surface area contributed by atoms with Crippen molar-refractivity contribution in [3.63, 3.8) is 0 Å². The number of rotatable bonds is 6. The Morgan fingerprint density at radius 2 is 1.57 bits per heavy atom. The maximum absolute atomic E-state index is 12.8. The summed E-state index contributed by atoms with van der Waals surface area (Å²) in [6, 6.07) is 17.3. The van der Waals surface area contributed by atoms with Gasteiger partial charge >= 0.3 is 0 Å². The van der Waals surface area contributed by atoms with Gasteiger partial charge in [0, 0.05) is 38.2 Å². The summed E-state index contributed by atoms with van der Waals surface area (Å²) in [4.78, 5) is 29.1. The fraction of sp³-hybridized carbons (Fsp3) is 0.391. The quantitative estimate of drug-likeness (QED) is 0.721. The molecule has 28 heavy (non-hydrogen) atoms. The molecule has 1 aliphatic heterocycles. The zero-order valence-corrected chi connectivity index (χ0v) is 16.5. The predicted octanol–water partition coefficient (Wildman–Crippen LogP) is 3.53. The van der Waals surface area contributed by atoms with Gasteiger partial charge < -0.3 is 14.5 Å². The van der Waals surface area contributed by atoms with E-state index < -0.39 is 0 Å². The molecule has 5 nitrogen and oxygen atoms in total. The number of nitrogens with zero attached hydrogens (tertiary/aromatic N) is 2. The van der Waals surface area contributed by atoms with Crippen molar-refractivity contribution in [1.29, 1.82) is 0 Å². The van der Waals surface area contributed by atoms with Crippen LogP contribution in [-0.4, -0.2) is 54.4 Å². The van der Waals surface area contributed by atoms with E-state index in [-0.39, 0.29) is 11.8 Å². The van der Waals surface area contributed by atoms with Crippen molar-refractivity contribution >= 4 is 11.8 Å². The van der Waals surface area contributed by atoms with Crippen LogP contribution < -0.4 is 4.74 Å². The van der Waals surface area contributed by atoms with Crippen LogP contribution in [0.1, 0.15) is 35.2 Å². The van der Waals surface area contributed by atoms with Gasteiger partial charge in [0.05, 0.1) is 6.61 Å². The third-order valence-corrected chi connectivity index (χ3v) is 5.06. The van der Waals surface area contributed by atoms with Crippen LogP contribution in [0.25, 0.3) is 0 Å². The van der Waals surface area contributed by atoms with Crippen molar-refractivity contribution in [2.45, 2.75) is 26.2 Å². The minimum Gasteiger partial charge on any atom is -0.494 e. The lowest BCUT2D eigenvalue weighted by molar-refractivity contribution is -0.131. The number of amides is 2. The minimum absolute atomic E-state index is 0.0589. The predicted molar refractivity (Wildman–Crippen MR) is 109 cm³/mol. The average molecular weight is 380 g/mol. The molecule has 1 heterocycles. The first-order valence-electron chi connectivity index (χ1n) is 9.95. The Balaban J connectivity index is 1.44. The van der Waals surface area contributed by atoms with Gasteiger partial charge in [-0.25, -0.2) is 0 Å². The molecule has 0 N–H and O–H groups in total. The Labute approximate surface area is 166 Å². The first-order valence-corrected chi connectivity index (χ1v) is 9.95. The fourth-order valence-corrected chi connectivity index (χ4v) is 3.44. The number of carbonyl (C=O) groups is 2. The van der Waals surface area contributed by atoms with E-state index in [1.54, 1.807) is 0 Å². The highest BCUT2D eigenvalue weighted by molar-refractivity contribution is 5.95. The Morgan fingerprint density at radius 1 is 0.893 bits per heavy atom. The normalized spacial score (nSPS) is 14.5. The lowest BCUT2D eigenvalue weighted by Crippen LogP contribution is -2.37. The number of hydrogen-bond acceptors (Lipinski definition) is 3. The first-order chi connectivity index (χ1) is 13.6. The third-order valence-electron chi connectivity index (χ3n) is 5.06. The van der Waals surface area contributed by atoms with Gasteiger partial charge in [0.1, 0.15) is 5.75 Å². The summed E-state index contributed by atoms with van der Waals surface area (Å²) in [5, 5.41) is 0. The van der Waals surface area contributed by atoms with E-state index in [9.17, 15) is 9.59 Å². The summed E-state index contributed by atoms with van der Waals surface area (Å²) >= 11 is 0. The highest BCUT2D eigenvalue weighted by Crippen LogP contribution is 2.14. The van der Waals surface area contributed by atoms with Crippen LogP contribution in [0.15, 0.2) is 54.6 Å². The molecule has 0 spiro atoms. The van der Waals surface area contributed by atoms with E-state index in [0.29, 0.717) is 45.6 Å². The summed E-state index contributed by atoms with van der Waals surface area (Å²) in [5.41, 5.74) is 1.74. The van der Waals surface area contributed by atoms with Crippen molar-refractivity contribution in [2.24, 2.45) is 0 Å². The Morgan fingerprint density at radius 3 is 2.36 bits per heavy atom. The summed E-state index contributed by atoms with van der Waals surface area (Å²) in [6.07, 6.45) is 1.97. The minimum atomic E-state index is 0.0589. The second-order valence-electron chi connectivity index (χ2n) is 7.11. The SMILES string of the molecule is Cc1ccccc1C(=O)N1CCCN(C(=O)CCCOc2ccccc2)CC1. The van der Waals surface area contributed by atoms with Gasteiger partial charge in [-0.15, -0.1) is 0 Å². The van der Waals surface area contributed by atoms with Gasteiger partial charge in [-0.3, -0.25) is 9.59 Å². The van der Waals surface area contributed by atoms with Gasteiger partial charge in [0.25, 0.3) is 5.91 Å². The summed E-state index contributed by atoms with van der Waals surface area (Å²) in [5.74, 6) is 1.03. The molecular weight excluding hydrogens is 352 g/mol. The smallest absolute Gasteiger partial charge is 0.254 e. The van der Waals surface area contributed by atoms with Crippen molar-refractivity contribution < 1.29 is 14.3 Å². The van der Waals surface area contributed by atoms with Gasteiger partial charge in [-0.2, -0.15) is 0 Å². The molecule has 148 valence electrons. The van der Waals surface area contributed by atoms with E-state index in [0.717, 1.165) is 23.3 Å². The molecule has 2 aromatic carbocycles. The molecule has 0 bridgehead atoms. The lowest BCUT2D eigenvalue weighted by Gasteiger charge is -2.23. The molecule has 2 aromatic rings. The highest BCUT2D eigenvalue weighted by Gasteiger charge is 2.23. The van der Waals surface area contributed by atoms with E-state index in [1.165, 1.54) is 0 Å². The molecule has 1 saturated heterocycles. The van der Waals surface area contributed by atoms with Crippen molar-refractivity contribution in [2.75, 3.05) is 32.8 Å². The number of benzene rings is 2. The van der Waals surface area contributed by atoms with Crippen LogP contribution in [0, 0.1) is 6.92 Å². The van der Waals surface area contributed by atoms with Gasteiger partial charge in [-0.05, 0) is 43.5 Å². The monoisotopic (exact) mass is 380 g/mol. The number of carbonyl (C=O) groups excluding carboxylic acids is 2. The van der Waals surface area contributed by atoms with Crippen molar-refractivity contribution in [1.82, 2.24) is 9.80 Å². The molecule has 0 atom stereocenters. The van der Waals surface area contributed by atoms with Gasteiger partial charge in [0.2, 0.25) is 5.91 Å². The van der Waals surface area contributed by atoms with Crippen LogP contribution >= 0.6 is 0 Å². The summed E-state index contributed by atoms with van der Waals surface area (Å²) in [7, 11) is 0. The zero-order chi connectivity index (χ0) is 19.8. The number of aryl methyl sites for hydroxylation is 1. The number of hydrogen-bond donors (Lipinski definition) is 0. The topological polar surface area (TPSA) is 49.9 Å². The lowest BCUT2D eigenvalue weighted by atomic mass is 10.1. The van der Waals surface area contributed by atoms with Gasteiger partial charge in [-0.1, -0.05) is 36.4 Å². The Hall–Kier alpha value is -2.82. The Kier molecular flexibility index (Phi) is 7.06. The van der Waals surface area contributed by atoms with Crippen LogP contribution in [0.5, 0.6) is 5.75 Å². The van der Waals surface area contributed by atoms with Crippen LogP contribution in [0.4, 0.5) is 0 Å². The van der Waals surface area contributed by atoms with Crippen LogP contribution in [0.3, 0.4) is 0 Å². The molecular formula is C23H28N2O3. The second kappa shape index (κ2) is 9.93. The largest absolute Gasteiger partial charge is 0.494 e. The van der Waals surface area contributed by atoms with Gasteiger partial charge in [0.15, 0.2) is 0 Å². The number of para-hydroxylation sites is 1. The third kappa shape index (κ3) is 5.35. The molecule has 2 amide bonds. The molecule has 3 rings (SSSR count). The molecule has 0 aliphatic carbocycles. The van der Waals surface area contributed by atoms with Crippen molar-refractivity contribution in [3.05, 3.63) is 65.7 Å². The molecule has 1 fully saturated rings. The molecule has 1 aliphatic rings.